The summed E-state index contributed by atoms with van der Waals surface area (Å²) in [6.07, 6.45) is 7.59. The Morgan fingerprint density at radius 1 is 1.21 bits per heavy atom. The van der Waals surface area contributed by atoms with Crippen molar-refractivity contribution in [2.45, 2.75) is 59.8 Å². The Kier molecular flexibility index (Phi) is 2.66. The van der Waals surface area contributed by atoms with Crippen molar-refractivity contribution in [1.82, 2.24) is 0 Å². The molecule has 4 unspecified atom stereocenters. The molecule has 0 aromatic carbocycles. The fourth-order valence-corrected chi connectivity index (χ4v) is 4.02. The summed E-state index contributed by atoms with van der Waals surface area (Å²) < 4.78 is 0. The highest BCUT2D eigenvalue weighted by Gasteiger charge is 2.45. The van der Waals surface area contributed by atoms with Crippen LogP contribution in [0.3, 0.4) is 0 Å². The van der Waals surface area contributed by atoms with Gasteiger partial charge in [-0.3, -0.25) is 0 Å². The summed E-state index contributed by atoms with van der Waals surface area (Å²) in [6, 6.07) is 0. The molecule has 2 aliphatic rings. The smallest absolute Gasteiger partial charge is 0.0354 e. The van der Waals surface area contributed by atoms with E-state index in [0.29, 0.717) is 5.41 Å². The van der Waals surface area contributed by atoms with E-state index in [1.54, 1.807) is 19.3 Å². The molecule has 0 bridgehead atoms. The van der Waals surface area contributed by atoms with Crippen molar-refractivity contribution in [2.75, 3.05) is 0 Å². The summed E-state index contributed by atoms with van der Waals surface area (Å²) in [4.78, 5) is 0. The summed E-state index contributed by atoms with van der Waals surface area (Å²) in [5.74, 6) is 4.32. The highest BCUT2D eigenvalue weighted by atomic mass is 14.5. The Hall–Kier alpha value is 0. The van der Waals surface area contributed by atoms with E-state index in [-0.39, 0.29) is 0 Å². The van der Waals surface area contributed by atoms with Crippen molar-refractivity contribution in [1.29, 1.82) is 0 Å². The van der Waals surface area contributed by atoms with Crippen molar-refractivity contribution in [3.8, 4) is 0 Å². The molecule has 4 atom stereocenters. The number of fused-ring (bicyclic) bond motifs is 1. The third-order valence-corrected chi connectivity index (χ3v) is 4.51. The van der Waals surface area contributed by atoms with Gasteiger partial charge in [0.15, 0.2) is 0 Å². The summed E-state index contributed by atoms with van der Waals surface area (Å²) in [5, 5.41) is 0. The molecule has 0 spiro atoms. The zero-order valence-electron chi connectivity index (χ0n) is 10.3. The van der Waals surface area contributed by atoms with Gasteiger partial charge in [0.1, 0.15) is 0 Å². The van der Waals surface area contributed by atoms with Gasteiger partial charge >= 0.3 is 0 Å². The van der Waals surface area contributed by atoms with Crippen LogP contribution in [0.5, 0.6) is 0 Å². The van der Waals surface area contributed by atoms with Crippen LogP contribution in [0.2, 0.25) is 0 Å². The third kappa shape index (κ3) is 1.99. The lowest BCUT2D eigenvalue weighted by Crippen LogP contribution is -2.38. The van der Waals surface area contributed by atoms with Crippen molar-refractivity contribution >= 4 is 0 Å². The molecule has 2 fully saturated rings. The van der Waals surface area contributed by atoms with Gasteiger partial charge in [0.25, 0.3) is 0 Å². The second-order valence-electron chi connectivity index (χ2n) is 7.00. The highest BCUT2D eigenvalue weighted by molar-refractivity contribution is 4.95. The van der Waals surface area contributed by atoms with E-state index in [0.717, 1.165) is 23.7 Å². The maximum Gasteiger partial charge on any atom is -0.0354 e. The average Bonchev–Trinajstić information content (AvgIpc) is 2.28. The monoisotopic (exact) mass is 194 g/mol. The van der Waals surface area contributed by atoms with E-state index in [1.807, 2.05) is 0 Å². The molecule has 0 aromatic heterocycles. The van der Waals surface area contributed by atoms with Gasteiger partial charge in [-0.25, -0.2) is 0 Å². The van der Waals surface area contributed by atoms with Crippen LogP contribution in [0.25, 0.3) is 0 Å². The first-order valence-corrected chi connectivity index (χ1v) is 6.47. The van der Waals surface area contributed by atoms with Crippen molar-refractivity contribution in [3.05, 3.63) is 0 Å². The molecule has 2 saturated carbocycles. The van der Waals surface area contributed by atoms with Crippen LogP contribution in [0.4, 0.5) is 0 Å². The van der Waals surface area contributed by atoms with E-state index < -0.39 is 0 Å². The number of rotatable bonds is 2. The average molecular weight is 194 g/mol. The molecule has 2 rings (SSSR count). The minimum absolute atomic E-state index is 0.531. The summed E-state index contributed by atoms with van der Waals surface area (Å²) in [7, 11) is 0. The Morgan fingerprint density at radius 3 is 2.50 bits per heavy atom. The lowest BCUT2D eigenvalue weighted by Gasteiger charge is -2.45. The second kappa shape index (κ2) is 3.54. The maximum atomic E-state index is 2.49. The highest BCUT2D eigenvalue weighted by Crippen LogP contribution is 2.55. The molecule has 0 heterocycles. The van der Waals surface area contributed by atoms with Gasteiger partial charge in [-0.1, -0.05) is 40.5 Å². The van der Waals surface area contributed by atoms with E-state index in [2.05, 4.69) is 27.7 Å². The van der Waals surface area contributed by atoms with Crippen LogP contribution >= 0.6 is 0 Å². The van der Waals surface area contributed by atoms with Gasteiger partial charge < -0.3 is 0 Å². The standard InChI is InChI=1S/C14H26/c1-10(9-14(2,3)4)13-8-11-6-5-7-12(11)13/h10-13H,5-9H2,1-4H3. The third-order valence-electron chi connectivity index (χ3n) is 4.51. The summed E-state index contributed by atoms with van der Waals surface area (Å²) in [6.45, 7) is 9.64. The second-order valence-corrected chi connectivity index (χ2v) is 7.00. The van der Waals surface area contributed by atoms with Crippen LogP contribution in [0.15, 0.2) is 0 Å². The minimum atomic E-state index is 0.531. The van der Waals surface area contributed by atoms with Gasteiger partial charge in [-0.05, 0) is 48.3 Å². The zero-order chi connectivity index (χ0) is 10.3. The predicted molar refractivity (Wildman–Crippen MR) is 62.2 cm³/mol. The molecule has 0 aromatic rings. The Bertz CT molecular complexity index is 199. The predicted octanol–water partition coefficient (Wildman–Crippen LogP) is 4.49. The number of hydrogen-bond donors (Lipinski definition) is 0. The van der Waals surface area contributed by atoms with Crippen molar-refractivity contribution < 1.29 is 0 Å². The van der Waals surface area contributed by atoms with E-state index >= 15 is 0 Å². The molecular weight excluding hydrogens is 168 g/mol. The summed E-state index contributed by atoms with van der Waals surface area (Å²) in [5.41, 5.74) is 0.531. The van der Waals surface area contributed by atoms with Crippen LogP contribution in [-0.4, -0.2) is 0 Å². The molecule has 0 amide bonds. The van der Waals surface area contributed by atoms with Gasteiger partial charge in [-0.15, -0.1) is 0 Å². The fourth-order valence-electron chi connectivity index (χ4n) is 4.02. The van der Waals surface area contributed by atoms with Gasteiger partial charge in [-0.2, -0.15) is 0 Å². The van der Waals surface area contributed by atoms with Gasteiger partial charge in [0, 0.05) is 0 Å². The summed E-state index contributed by atoms with van der Waals surface area (Å²) >= 11 is 0. The van der Waals surface area contributed by atoms with Gasteiger partial charge in [0.2, 0.25) is 0 Å². The lowest BCUT2D eigenvalue weighted by atomic mass is 9.60. The largest absolute Gasteiger partial charge is 0.0622 e. The first-order chi connectivity index (χ1) is 6.47. The zero-order valence-corrected chi connectivity index (χ0v) is 10.3. The molecule has 2 aliphatic carbocycles. The molecule has 14 heavy (non-hydrogen) atoms. The quantitative estimate of drug-likeness (QED) is 0.607. The van der Waals surface area contributed by atoms with Crippen LogP contribution in [-0.2, 0) is 0 Å². The normalized spacial score (nSPS) is 39.0. The first kappa shape index (κ1) is 10.5. The first-order valence-electron chi connectivity index (χ1n) is 6.47. The molecule has 0 aliphatic heterocycles. The molecular formula is C14H26. The lowest BCUT2D eigenvalue weighted by molar-refractivity contribution is 0.0378. The molecule has 0 N–H and O–H groups in total. The van der Waals surface area contributed by atoms with E-state index in [9.17, 15) is 0 Å². The molecule has 0 saturated heterocycles. The van der Waals surface area contributed by atoms with Crippen molar-refractivity contribution in [2.24, 2.45) is 29.1 Å². The minimum Gasteiger partial charge on any atom is -0.0622 e. The van der Waals surface area contributed by atoms with Crippen LogP contribution in [0.1, 0.15) is 59.8 Å². The molecule has 0 heteroatoms. The number of hydrogen-bond acceptors (Lipinski definition) is 0. The fraction of sp³-hybridized carbons (Fsp3) is 1.00. The van der Waals surface area contributed by atoms with Crippen LogP contribution < -0.4 is 0 Å². The van der Waals surface area contributed by atoms with Gasteiger partial charge in [0.05, 0.1) is 0 Å². The Labute approximate surface area is 89.5 Å². The SMILES string of the molecule is CC(CC(C)(C)C)C1CC2CCCC21. The van der Waals surface area contributed by atoms with E-state index in [1.165, 1.54) is 12.8 Å². The van der Waals surface area contributed by atoms with Crippen molar-refractivity contribution in [3.63, 3.8) is 0 Å². The molecule has 82 valence electrons. The Balaban J connectivity index is 1.85. The van der Waals surface area contributed by atoms with Crippen LogP contribution in [0, 0.1) is 29.1 Å². The van der Waals surface area contributed by atoms with E-state index in [4.69, 9.17) is 0 Å². The molecule has 0 radical (unpaired) electrons. The topological polar surface area (TPSA) is 0 Å². The maximum absolute atomic E-state index is 2.49. The Morgan fingerprint density at radius 2 is 1.93 bits per heavy atom. The molecule has 0 nitrogen and oxygen atoms in total.